The maximum absolute atomic E-state index is 13.8. The SMILES string of the molecule is CN[C@@H](C)C(=O)N[C@H](C(=O)N1CCC[C@H]1c1nc(Cc2ccc(F)cc2)cs1)C1CCCCC1. The van der Waals surface area contributed by atoms with Gasteiger partial charge in [-0.3, -0.25) is 9.59 Å². The average molecular weight is 487 g/mol. The van der Waals surface area contributed by atoms with Crippen molar-refractivity contribution in [2.45, 2.75) is 76.4 Å². The van der Waals surface area contributed by atoms with Gasteiger partial charge in [-0.1, -0.05) is 31.4 Å². The molecular formula is C26H35FN4O2S. The number of carbonyl (C=O) groups excluding carboxylic acids is 2. The third kappa shape index (κ3) is 5.84. The van der Waals surface area contributed by atoms with E-state index in [4.69, 9.17) is 4.98 Å². The lowest BCUT2D eigenvalue weighted by atomic mass is 9.83. The molecule has 34 heavy (non-hydrogen) atoms. The summed E-state index contributed by atoms with van der Waals surface area (Å²) in [5.41, 5.74) is 1.95. The summed E-state index contributed by atoms with van der Waals surface area (Å²) in [4.78, 5) is 33.4. The van der Waals surface area contributed by atoms with Crippen LogP contribution in [0.25, 0.3) is 0 Å². The van der Waals surface area contributed by atoms with Crippen LogP contribution in [-0.2, 0) is 16.0 Å². The second-order valence-corrected chi connectivity index (χ2v) is 10.5. The highest BCUT2D eigenvalue weighted by molar-refractivity contribution is 7.09. The van der Waals surface area contributed by atoms with E-state index >= 15 is 0 Å². The molecular weight excluding hydrogens is 451 g/mol. The van der Waals surface area contributed by atoms with Crippen molar-refractivity contribution < 1.29 is 14.0 Å². The molecule has 184 valence electrons. The first-order valence-corrected chi connectivity index (χ1v) is 13.3. The monoisotopic (exact) mass is 486 g/mol. The van der Waals surface area contributed by atoms with Gasteiger partial charge in [-0.05, 0) is 63.3 Å². The van der Waals surface area contributed by atoms with E-state index < -0.39 is 6.04 Å². The molecule has 2 heterocycles. The largest absolute Gasteiger partial charge is 0.343 e. The van der Waals surface area contributed by atoms with E-state index in [0.717, 1.165) is 54.8 Å². The zero-order valence-electron chi connectivity index (χ0n) is 20.1. The number of amides is 2. The lowest BCUT2D eigenvalue weighted by Crippen LogP contribution is -2.55. The average Bonchev–Trinajstić information content (AvgIpc) is 3.53. The first kappa shape index (κ1) is 24.8. The van der Waals surface area contributed by atoms with Crippen LogP contribution in [-0.4, -0.2) is 47.4 Å². The van der Waals surface area contributed by atoms with Gasteiger partial charge in [0, 0.05) is 18.3 Å². The summed E-state index contributed by atoms with van der Waals surface area (Å²) in [5.74, 6) is -0.160. The van der Waals surface area contributed by atoms with Crippen molar-refractivity contribution in [3.05, 3.63) is 51.7 Å². The van der Waals surface area contributed by atoms with Crippen molar-refractivity contribution in [3.8, 4) is 0 Å². The molecule has 2 aromatic rings. The number of halogens is 1. The van der Waals surface area contributed by atoms with E-state index in [2.05, 4.69) is 10.6 Å². The maximum atomic E-state index is 13.8. The van der Waals surface area contributed by atoms with Crippen LogP contribution in [0.5, 0.6) is 0 Å². The molecule has 1 saturated heterocycles. The fraction of sp³-hybridized carbons (Fsp3) is 0.577. The molecule has 1 saturated carbocycles. The Labute approximate surface area is 205 Å². The standard InChI is InChI=1S/C26H35FN4O2S/c1-17(28-2)24(32)30-23(19-7-4-3-5-8-19)26(33)31-14-6-9-22(31)25-29-21(16-34-25)15-18-10-12-20(27)13-11-18/h10-13,16-17,19,22-23,28H,3-9,14-15H2,1-2H3,(H,30,32)/t17-,22-,23-/m0/s1. The van der Waals surface area contributed by atoms with Crippen molar-refractivity contribution >= 4 is 23.2 Å². The summed E-state index contributed by atoms with van der Waals surface area (Å²) in [5, 5.41) is 9.05. The van der Waals surface area contributed by atoms with Gasteiger partial charge in [0.1, 0.15) is 16.9 Å². The first-order valence-electron chi connectivity index (χ1n) is 12.4. The van der Waals surface area contributed by atoms with Crippen molar-refractivity contribution in [2.75, 3.05) is 13.6 Å². The molecule has 2 aliphatic rings. The molecule has 1 aromatic heterocycles. The lowest BCUT2D eigenvalue weighted by molar-refractivity contribution is -0.139. The minimum absolute atomic E-state index is 0.0290. The second-order valence-electron chi connectivity index (χ2n) is 9.56. The Balaban J connectivity index is 1.49. The van der Waals surface area contributed by atoms with Gasteiger partial charge in [0.2, 0.25) is 11.8 Å². The minimum Gasteiger partial charge on any atom is -0.343 e. The van der Waals surface area contributed by atoms with E-state index in [9.17, 15) is 14.0 Å². The third-order valence-electron chi connectivity index (χ3n) is 7.20. The summed E-state index contributed by atoms with van der Waals surface area (Å²) in [7, 11) is 1.75. The summed E-state index contributed by atoms with van der Waals surface area (Å²) in [6.07, 6.45) is 7.81. The smallest absolute Gasteiger partial charge is 0.246 e. The van der Waals surface area contributed by atoms with Crippen LogP contribution in [0.1, 0.15) is 74.2 Å². The predicted molar refractivity (Wildman–Crippen MR) is 132 cm³/mol. The topological polar surface area (TPSA) is 74.3 Å². The Bertz CT molecular complexity index is 973. The molecule has 2 fully saturated rings. The number of benzene rings is 1. The Hall–Kier alpha value is -2.32. The maximum Gasteiger partial charge on any atom is 0.246 e. The molecule has 0 bridgehead atoms. The number of hydrogen-bond donors (Lipinski definition) is 2. The number of likely N-dealkylation sites (tertiary alicyclic amines) is 1. The summed E-state index contributed by atoms with van der Waals surface area (Å²) in [6.45, 7) is 2.51. The molecule has 8 heteroatoms. The zero-order valence-corrected chi connectivity index (χ0v) is 20.9. The van der Waals surface area contributed by atoms with Crippen LogP contribution in [0, 0.1) is 11.7 Å². The van der Waals surface area contributed by atoms with Crippen LogP contribution in [0.3, 0.4) is 0 Å². The Kier molecular flexibility index (Phi) is 8.32. The van der Waals surface area contributed by atoms with E-state index in [0.29, 0.717) is 13.0 Å². The van der Waals surface area contributed by atoms with E-state index in [-0.39, 0.29) is 35.6 Å². The minimum atomic E-state index is -0.483. The van der Waals surface area contributed by atoms with Gasteiger partial charge in [0.05, 0.1) is 17.8 Å². The van der Waals surface area contributed by atoms with Gasteiger partial charge in [0.15, 0.2) is 0 Å². The van der Waals surface area contributed by atoms with Gasteiger partial charge >= 0.3 is 0 Å². The van der Waals surface area contributed by atoms with Gasteiger partial charge in [-0.2, -0.15) is 0 Å². The molecule has 2 N–H and O–H groups in total. The Morgan fingerprint density at radius 2 is 1.88 bits per heavy atom. The number of thiazole rings is 1. The van der Waals surface area contributed by atoms with E-state index in [1.165, 1.54) is 18.6 Å². The number of nitrogens with one attached hydrogen (secondary N) is 2. The highest BCUT2D eigenvalue weighted by atomic mass is 32.1. The van der Waals surface area contributed by atoms with Gasteiger partial charge < -0.3 is 15.5 Å². The van der Waals surface area contributed by atoms with Crippen molar-refractivity contribution in [3.63, 3.8) is 0 Å². The summed E-state index contributed by atoms with van der Waals surface area (Å²) in [6, 6.07) is 5.61. The predicted octanol–water partition coefficient (Wildman–Crippen LogP) is 4.21. The van der Waals surface area contributed by atoms with Crippen molar-refractivity contribution in [1.82, 2.24) is 20.5 Å². The van der Waals surface area contributed by atoms with Crippen LogP contribution in [0.2, 0.25) is 0 Å². The van der Waals surface area contributed by atoms with Crippen molar-refractivity contribution in [2.24, 2.45) is 5.92 Å². The normalized spacial score (nSPS) is 20.8. The number of carbonyl (C=O) groups is 2. The zero-order chi connectivity index (χ0) is 24.1. The summed E-state index contributed by atoms with van der Waals surface area (Å²) >= 11 is 1.58. The van der Waals surface area contributed by atoms with Crippen LogP contribution >= 0.6 is 11.3 Å². The fourth-order valence-corrected chi connectivity index (χ4v) is 6.06. The molecule has 2 amide bonds. The quantitative estimate of drug-likeness (QED) is 0.586. The van der Waals surface area contributed by atoms with E-state index in [1.807, 2.05) is 17.2 Å². The highest BCUT2D eigenvalue weighted by Gasteiger charge is 2.40. The number of aromatic nitrogens is 1. The molecule has 0 unspecified atom stereocenters. The lowest BCUT2D eigenvalue weighted by Gasteiger charge is -2.35. The number of likely N-dealkylation sites (N-methyl/N-ethyl adjacent to an activating group) is 1. The van der Waals surface area contributed by atoms with Gasteiger partial charge in [-0.25, -0.2) is 9.37 Å². The van der Waals surface area contributed by atoms with Gasteiger partial charge in [-0.15, -0.1) is 11.3 Å². The van der Waals surface area contributed by atoms with E-state index in [1.54, 1.807) is 30.5 Å². The second kappa shape index (κ2) is 11.4. The van der Waals surface area contributed by atoms with Gasteiger partial charge in [0.25, 0.3) is 0 Å². The molecule has 4 rings (SSSR count). The number of rotatable bonds is 8. The Morgan fingerprint density at radius 1 is 1.15 bits per heavy atom. The number of nitrogens with zero attached hydrogens (tertiary/aromatic N) is 2. The first-order chi connectivity index (χ1) is 16.5. The molecule has 0 spiro atoms. The fourth-order valence-electron chi connectivity index (χ4n) is 5.09. The molecule has 3 atom stereocenters. The number of hydrogen-bond acceptors (Lipinski definition) is 5. The third-order valence-corrected chi connectivity index (χ3v) is 8.20. The molecule has 1 aliphatic heterocycles. The molecule has 1 aromatic carbocycles. The summed E-state index contributed by atoms with van der Waals surface area (Å²) < 4.78 is 13.2. The van der Waals surface area contributed by atoms with Crippen molar-refractivity contribution in [1.29, 1.82) is 0 Å². The van der Waals surface area contributed by atoms with Crippen LogP contribution in [0.4, 0.5) is 4.39 Å². The Morgan fingerprint density at radius 3 is 2.59 bits per heavy atom. The van der Waals surface area contributed by atoms with Crippen LogP contribution in [0.15, 0.2) is 29.6 Å². The highest BCUT2D eigenvalue weighted by Crippen LogP contribution is 2.36. The molecule has 0 radical (unpaired) electrons. The van der Waals surface area contributed by atoms with Crippen LogP contribution < -0.4 is 10.6 Å². The molecule has 6 nitrogen and oxygen atoms in total. The molecule has 1 aliphatic carbocycles.